The zero-order valence-electron chi connectivity index (χ0n) is 13.7. The topological polar surface area (TPSA) is 54.0 Å². The number of anilines is 1. The van der Waals surface area contributed by atoms with Crippen molar-refractivity contribution in [3.63, 3.8) is 0 Å². The van der Waals surface area contributed by atoms with Crippen LogP contribution in [-0.4, -0.2) is 10.9 Å². The van der Waals surface area contributed by atoms with E-state index in [1.54, 1.807) is 30.3 Å². The number of rotatable bonds is 4. The number of carbonyl (C=O) groups is 1. The molecule has 0 aliphatic carbocycles. The molecule has 2 aromatic carbocycles. The maximum atomic E-state index is 13.2. The molecule has 0 bridgehead atoms. The standard InChI is InChI=1S/C19H13F4N3O/c20-15-8-6-13(7-9-15)18(27)26-25-17-11-14(19(21,22)23)10-16(24-17)12-4-2-1-3-5-12/h1-11H,(H,24,25)(H,26,27). The molecule has 1 heterocycles. The molecule has 0 saturated carbocycles. The predicted molar refractivity (Wildman–Crippen MR) is 92.2 cm³/mol. The van der Waals surface area contributed by atoms with Crippen molar-refractivity contribution in [1.29, 1.82) is 0 Å². The van der Waals surface area contributed by atoms with Crippen molar-refractivity contribution in [2.45, 2.75) is 6.18 Å². The molecule has 3 rings (SSSR count). The highest BCUT2D eigenvalue weighted by molar-refractivity contribution is 5.94. The second kappa shape index (κ2) is 7.45. The number of carbonyl (C=O) groups excluding carboxylic acids is 1. The summed E-state index contributed by atoms with van der Waals surface area (Å²) in [6.45, 7) is 0. The van der Waals surface area contributed by atoms with Gasteiger partial charge in [0.15, 0.2) is 0 Å². The van der Waals surface area contributed by atoms with Gasteiger partial charge in [0.25, 0.3) is 5.91 Å². The minimum atomic E-state index is -4.58. The van der Waals surface area contributed by atoms with Crippen molar-refractivity contribution in [3.05, 3.63) is 83.7 Å². The number of alkyl halides is 3. The Bertz CT molecular complexity index is 941. The van der Waals surface area contributed by atoms with Gasteiger partial charge in [0, 0.05) is 11.1 Å². The first-order valence-corrected chi connectivity index (χ1v) is 7.79. The lowest BCUT2D eigenvalue weighted by Crippen LogP contribution is -2.30. The second-order valence-electron chi connectivity index (χ2n) is 5.58. The molecular weight excluding hydrogens is 362 g/mol. The van der Waals surface area contributed by atoms with Crippen LogP contribution in [0, 0.1) is 5.82 Å². The van der Waals surface area contributed by atoms with Gasteiger partial charge in [0.1, 0.15) is 11.6 Å². The summed E-state index contributed by atoms with van der Waals surface area (Å²) in [5, 5.41) is 0. The van der Waals surface area contributed by atoms with E-state index in [1.165, 1.54) is 12.1 Å². The van der Waals surface area contributed by atoms with Crippen LogP contribution in [-0.2, 0) is 6.18 Å². The van der Waals surface area contributed by atoms with Crippen molar-refractivity contribution in [3.8, 4) is 11.3 Å². The fraction of sp³-hybridized carbons (Fsp3) is 0.0526. The number of pyridine rings is 1. The first-order valence-electron chi connectivity index (χ1n) is 7.79. The minimum absolute atomic E-state index is 0.101. The zero-order chi connectivity index (χ0) is 19.4. The Morgan fingerprint density at radius 3 is 2.22 bits per heavy atom. The third-order valence-corrected chi connectivity index (χ3v) is 3.63. The number of hydrogen-bond acceptors (Lipinski definition) is 3. The van der Waals surface area contributed by atoms with Crippen LogP contribution in [0.15, 0.2) is 66.7 Å². The second-order valence-corrected chi connectivity index (χ2v) is 5.58. The lowest BCUT2D eigenvalue weighted by molar-refractivity contribution is -0.137. The molecule has 0 spiro atoms. The Labute approximate surface area is 151 Å². The monoisotopic (exact) mass is 375 g/mol. The molecule has 138 valence electrons. The van der Waals surface area contributed by atoms with Crippen LogP contribution in [0.3, 0.4) is 0 Å². The summed E-state index contributed by atoms with van der Waals surface area (Å²) in [6.07, 6.45) is -4.58. The third-order valence-electron chi connectivity index (χ3n) is 3.63. The van der Waals surface area contributed by atoms with Crippen molar-refractivity contribution in [2.75, 3.05) is 5.43 Å². The van der Waals surface area contributed by atoms with E-state index >= 15 is 0 Å². The summed E-state index contributed by atoms with van der Waals surface area (Å²) in [4.78, 5) is 16.1. The smallest absolute Gasteiger partial charge is 0.282 e. The summed E-state index contributed by atoms with van der Waals surface area (Å²) in [5.41, 5.74) is 4.45. The molecule has 1 amide bonds. The summed E-state index contributed by atoms with van der Waals surface area (Å²) in [7, 11) is 0. The van der Waals surface area contributed by atoms with Gasteiger partial charge in [-0.3, -0.25) is 15.6 Å². The molecule has 8 heteroatoms. The molecule has 0 atom stereocenters. The SMILES string of the molecule is O=C(NNc1cc(C(F)(F)F)cc(-c2ccccc2)n1)c1ccc(F)cc1. The molecular formula is C19H13F4N3O. The van der Waals surface area contributed by atoms with Gasteiger partial charge < -0.3 is 0 Å². The van der Waals surface area contributed by atoms with E-state index in [9.17, 15) is 22.4 Å². The van der Waals surface area contributed by atoms with Gasteiger partial charge in [-0.15, -0.1) is 0 Å². The van der Waals surface area contributed by atoms with Crippen LogP contribution in [0.1, 0.15) is 15.9 Å². The minimum Gasteiger partial charge on any atom is -0.282 e. The van der Waals surface area contributed by atoms with E-state index in [1.807, 2.05) is 0 Å². The van der Waals surface area contributed by atoms with Gasteiger partial charge in [-0.1, -0.05) is 30.3 Å². The van der Waals surface area contributed by atoms with E-state index in [0.29, 0.717) is 5.56 Å². The van der Waals surface area contributed by atoms with E-state index in [-0.39, 0.29) is 17.1 Å². The van der Waals surface area contributed by atoms with Crippen molar-refractivity contribution in [1.82, 2.24) is 10.4 Å². The zero-order valence-corrected chi connectivity index (χ0v) is 13.7. The van der Waals surface area contributed by atoms with Gasteiger partial charge in [-0.25, -0.2) is 9.37 Å². The Balaban J connectivity index is 1.86. The Morgan fingerprint density at radius 2 is 1.59 bits per heavy atom. The van der Waals surface area contributed by atoms with Crippen LogP contribution in [0.5, 0.6) is 0 Å². The molecule has 1 aromatic heterocycles. The lowest BCUT2D eigenvalue weighted by Gasteiger charge is -2.13. The number of aromatic nitrogens is 1. The molecule has 27 heavy (non-hydrogen) atoms. The number of halogens is 4. The quantitative estimate of drug-likeness (QED) is 0.515. The summed E-state index contributed by atoms with van der Waals surface area (Å²) in [5.74, 6) is -1.33. The fourth-order valence-electron chi connectivity index (χ4n) is 2.31. The van der Waals surface area contributed by atoms with Crippen LogP contribution in [0.2, 0.25) is 0 Å². The number of amides is 1. The van der Waals surface area contributed by atoms with Gasteiger partial charge in [-0.2, -0.15) is 13.2 Å². The first-order chi connectivity index (χ1) is 12.8. The van der Waals surface area contributed by atoms with Crippen molar-refractivity contribution >= 4 is 11.7 Å². The summed E-state index contributed by atoms with van der Waals surface area (Å²) < 4.78 is 52.5. The van der Waals surface area contributed by atoms with Gasteiger partial charge >= 0.3 is 6.18 Å². The molecule has 0 aliphatic heterocycles. The van der Waals surface area contributed by atoms with Crippen LogP contribution >= 0.6 is 0 Å². The van der Waals surface area contributed by atoms with E-state index in [4.69, 9.17) is 0 Å². The molecule has 2 N–H and O–H groups in total. The normalized spacial score (nSPS) is 11.1. The van der Waals surface area contributed by atoms with Crippen molar-refractivity contribution < 1.29 is 22.4 Å². The average Bonchev–Trinajstić information content (AvgIpc) is 2.66. The molecule has 0 radical (unpaired) electrons. The molecule has 3 aromatic rings. The first kappa shape index (κ1) is 18.4. The average molecular weight is 375 g/mol. The molecule has 0 fully saturated rings. The predicted octanol–water partition coefficient (Wildman–Crippen LogP) is 4.66. The van der Waals surface area contributed by atoms with Crippen molar-refractivity contribution in [2.24, 2.45) is 0 Å². The molecule has 4 nitrogen and oxygen atoms in total. The largest absolute Gasteiger partial charge is 0.416 e. The molecule has 0 unspecified atom stereocenters. The Morgan fingerprint density at radius 1 is 0.926 bits per heavy atom. The highest BCUT2D eigenvalue weighted by Crippen LogP contribution is 2.33. The highest BCUT2D eigenvalue weighted by atomic mass is 19.4. The molecule has 0 saturated heterocycles. The van der Waals surface area contributed by atoms with E-state index in [0.717, 1.165) is 24.3 Å². The van der Waals surface area contributed by atoms with Crippen LogP contribution < -0.4 is 10.9 Å². The number of hydrogen-bond donors (Lipinski definition) is 2. The molecule has 0 aliphatic rings. The third kappa shape index (κ3) is 4.60. The van der Waals surface area contributed by atoms with Gasteiger partial charge in [0.05, 0.1) is 11.3 Å². The van der Waals surface area contributed by atoms with Gasteiger partial charge in [0.2, 0.25) is 0 Å². The summed E-state index contributed by atoms with van der Waals surface area (Å²) >= 11 is 0. The Hall–Kier alpha value is -3.42. The van der Waals surface area contributed by atoms with Crippen LogP contribution in [0.4, 0.5) is 23.4 Å². The highest BCUT2D eigenvalue weighted by Gasteiger charge is 2.31. The van der Waals surface area contributed by atoms with E-state index in [2.05, 4.69) is 15.8 Å². The van der Waals surface area contributed by atoms with Gasteiger partial charge in [-0.05, 0) is 36.4 Å². The van der Waals surface area contributed by atoms with E-state index < -0.39 is 23.5 Å². The number of hydrazine groups is 1. The maximum absolute atomic E-state index is 13.2. The fourth-order valence-corrected chi connectivity index (χ4v) is 2.31. The maximum Gasteiger partial charge on any atom is 0.416 e. The number of nitrogens with one attached hydrogen (secondary N) is 2. The lowest BCUT2D eigenvalue weighted by atomic mass is 10.1. The van der Waals surface area contributed by atoms with Crippen LogP contribution in [0.25, 0.3) is 11.3 Å². The number of benzene rings is 2. The summed E-state index contributed by atoms with van der Waals surface area (Å²) in [6, 6.07) is 14.8. The Kier molecular flexibility index (Phi) is 5.07. The number of nitrogens with zero attached hydrogens (tertiary/aromatic N) is 1.